The van der Waals surface area contributed by atoms with Crippen LogP contribution in [0.5, 0.6) is 0 Å². The Bertz CT molecular complexity index is 447. The molecule has 0 aromatic carbocycles. The summed E-state index contributed by atoms with van der Waals surface area (Å²) in [6, 6.07) is 0. The third-order valence-corrected chi connectivity index (χ3v) is 5.81. The van der Waals surface area contributed by atoms with E-state index in [1.165, 1.54) is 38.5 Å². The molecule has 5 rings (SSSR count). The van der Waals surface area contributed by atoms with Gasteiger partial charge in [-0.1, -0.05) is 5.16 Å². The van der Waals surface area contributed by atoms with Gasteiger partial charge in [0, 0.05) is 12.8 Å². The molecule has 1 heterocycles. The van der Waals surface area contributed by atoms with Crippen molar-refractivity contribution < 1.29 is 4.52 Å². The van der Waals surface area contributed by atoms with Gasteiger partial charge in [-0.3, -0.25) is 0 Å². The van der Waals surface area contributed by atoms with E-state index >= 15 is 0 Å². The van der Waals surface area contributed by atoms with Crippen molar-refractivity contribution in [2.45, 2.75) is 57.8 Å². The molecule has 4 aliphatic carbocycles. The van der Waals surface area contributed by atoms with E-state index in [-0.39, 0.29) is 0 Å². The van der Waals surface area contributed by atoms with Gasteiger partial charge in [0.05, 0.1) is 0 Å². The molecule has 2 N–H and O–H groups in total. The Morgan fingerprint density at radius 1 is 1.10 bits per heavy atom. The Kier molecular flexibility index (Phi) is 3.09. The van der Waals surface area contributed by atoms with E-state index < -0.39 is 0 Å². The molecule has 4 fully saturated rings. The minimum atomic E-state index is 0.492. The predicted molar refractivity (Wildman–Crippen MR) is 76.0 cm³/mol. The monoisotopic (exact) mass is 275 g/mol. The Morgan fingerprint density at radius 3 is 2.35 bits per heavy atom. The minimum Gasteiger partial charge on any atom is -0.339 e. The van der Waals surface area contributed by atoms with Crippen molar-refractivity contribution in [3.63, 3.8) is 0 Å². The molecule has 0 amide bonds. The fourth-order valence-electron chi connectivity index (χ4n) is 5.55. The van der Waals surface area contributed by atoms with Gasteiger partial charge in [0.1, 0.15) is 0 Å². The molecule has 110 valence electrons. The Morgan fingerprint density at radius 2 is 1.75 bits per heavy atom. The Hall–Kier alpha value is -0.900. The van der Waals surface area contributed by atoms with Gasteiger partial charge in [0.15, 0.2) is 5.82 Å². The van der Waals surface area contributed by atoms with Crippen LogP contribution in [-0.2, 0) is 12.8 Å². The Balaban J connectivity index is 1.47. The van der Waals surface area contributed by atoms with Crippen molar-refractivity contribution in [1.29, 1.82) is 0 Å². The highest BCUT2D eigenvalue weighted by Crippen LogP contribution is 2.60. The fraction of sp³-hybridized carbons (Fsp3) is 0.875. The molecule has 4 aliphatic rings. The summed E-state index contributed by atoms with van der Waals surface area (Å²) in [4.78, 5) is 4.59. The molecule has 0 unspecified atom stereocenters. The molecule has 20 heavy (non-hydrogen) atoms. The summed E-state index contributed by atoms with van der Waals surface area (Å²) in [6.45, 7) is 0.693. The van der Waals surface area contributed by atoms with Crippen LogP contribution >= 0.6 is 0 Å². The quantitative estimate of drug-likeness (QED) is 0.897. The maximum atomic E-state index is 5.53. The van der Waals surface area contributed by atoms with Crippen LogP contribution in [0.15, 0.2) is 4.52 Å². The van der Waals surface area contributed by atoms with Crippen LogP contribution in [0.3, 0.4) is 0 Å². The number of nitrogens with two attached hydrogens (primary N) is 1. The lowest BCUT2D eigenvalue weighted by atomic mass is 9.49. The summed E-state index contributed by atoms with van der Waals surface area (Å²) >= 11 is 0. The summed E-state index contributed by atoms with van der Waals surface area (Å²) in [6.07, 6.45) is 11.5. The van der Waals surface area contributed by atoms with Crippen molar-refractivity contribution in [2.24, 2.45) is 28.9 Å². The van der Waals surface area contributed by atoms with E-state index in [9.17, 15) is 0 Å². The SMILES string of the molecule is NCCCc1noc(CC23CC4CC(CC(C4)C2)C3)n1. The minimum absolute atomic E-state index is 0.492. The van der Waals surface area contributed by atoms with Crippen molar-refractivity contribution in [3.05, 3.63) is 11.7 Å². The van der Waals surface area contributed by atoms with E-state index in [2.05, 4.69) is 10.1 Å². The average Bonchev–Trinajstić information content (AvgIpc) is 2.81. The van der Waals surface area contributed by atoms with E-state index in [0.29, 0.717) is 12.0 Å². The molecule has 0 radical (unpaired) electrons. The van der Waals surface area contributed by atoms with E-state index in [4.69, 9.17) is 10.3 Å². The number of nitrogens with zero attached hydrogens (tertiary/aromatic N) is 2. The zero-order valence-electron chi connectivity index (χ0n) is 12.2. The predicted octanol–water partition coefficient (Wildman–Crippen LogP) is 2.72. The number of hydrogen-bond acceptors (Lipinski definition) is 4. The molecule has 4 saturated carbocycles. The van der Waals surface area contributed by atoms with Crippen LogP contribution in [0.2, 0.25) is 0 Å². The first-order chi connectivity index (χ1) is 9.75. The second kappa shape index (κ2) is 4.83. The topological polar surface area (TPSA) is 64.9 Å². The molecule has 0 spiro atoms. The molecule has 0 saturated heterocycles. The van der Waals surface area contributed by atoms with Crippen molar-refractivity contribution >= 4 is 0 Å². The molecule has 4 bridgehead atoms. The van der Waals surface area contributed by atoms with Crippen LogP contribution < -0.4 is 5.73 Å². The lowest BCUT2D eigenvalue weighted by Gasteiger charge is -2.56. The van der Waals surface area contributed by atoms with Crippen LogP contribution in [0.25, 0.3) is 0 Å². The zero-order chi connectivity index (χ0) is 13.6. The lowest BCUT2D eigenvalue weighted by molar-refractivity contribution is -0.0556. The third-order valence-electron chi connectivity index (χ3n) is 5.81. The number of hydrogen-bond donors (Lipinski definition) is 1. The highest BCUT2D eigenvalue weighted by molar-refractivity contribution is 5.05. The van der Waals surface area contributed by atoms with Crippen LogP contribution in [-0.4, -0.2) is 16.7 Å². The first kappa shape index (κ1) is 12.8. The van der Waals surface area contributed by atoms with Crippen molar-refractivity contribution in [2.75, 3.05) is 6.54 Å². The van der Waals surface area contributed by atoms with E-state index in [0.717, 1.165) is 48.7 Å². The van der Waals surface area contributed by atoms with Gasteiger partial charge in [-0.15, -0.1) is 0 Å². The number of rotatable bonds is 5. The van der Waals surface area contributed by atoms with Gasteiger partial charge >= 0.3 is 0 Å². The van der Waals surface area contributed by atoms with Crippen molar-refractivity contribution in [1.82, 2.24) is 10.1 Å². The smallest absolute Gasteiger partial charge is 0.227 e. The summed E-state index contributed by atoms with van der Waals surface area (Å²) in [5, 5.41) is 4.11. The number of aromatic nitrogens is 2. The molecular formula is C16H25N3O. The van der Waals surface area contributed by atoms with E-state index in [1.807, 2.05) is 0 Å². The van der Waals surface area contributed by atoms with Gasteiger partial charge in [-0.05, 0) is 74.7 Å². The molecule has 1 aromatic heterocycles. The highest BCUT2D eigenvalue weighted by atomic mass is 16.5. The molecule has 4 nitrogen and oxygen atoms in total. The van der Waals surface area contributed by atoms with E-state index in [1.54, 1.807) is 0 Å². The summed E-state index contributed by atoms with van der Waals surface area (Å²) < 4.78 is 5.50. The van der Waals surface area contributed by atoms with Gasteiger partial charge in [0.25, 0.3) is 0 Å². The lowest BCUT2D eigenvalue weighted by Crippen LogP contribution is -2.47. The fourth-order valence-corrected chi connectivity index (χ4v) is 5.55. The molecule has 4 heteroatoms. The van der Waals surface area contributed by atoms with Gasteiger partial charge in [-0.2, -0.15) is 4.98 Å². The van der Waals surface area contributed by atoms with Gasteiger partial charge in [-0.25, -0.2) is 0 Å². The second-order valence-electron chi connectivity index (χ2n) is 7.59. The highest BCUT2D eigenvalue weighted by Gasteiger charge is 2.51. The second-order valence-corrected chi connectivity index (χ2v) is 7.59. The molecular weight excluding hydrogens is 250 g/mol. The van der Waals surface area contributed by atoms with Crippen LogP contribution in [0.4, 0.5) is 0 Å². The molecule has 1 aromatic rings. The van der Waals surface area contributed by atoms with Crippen LogP contribution in [0, 0.1) is 23.2 Å². The first-order valence-electron chi connectivity index (χ1n) is 8.26. The average molecular weight is 275 g/mol. The van der Waals surface area contributed by atoms with Gasteiger partial charge in [0.2, 0.25) is 5.89 Å². The molecule has 0 atom stereocenters. The zero-order valence-corrected chi connectivity index (χ0v) is 12.2. The first-order valence-corrected chi connectivity index (χ1v) is 8.26. The number of aryl methyl sites for hydroxylation is 1. The normalized spacial score (nSPS) is 38.5. The summed E-state index contributed by atoms with van der Waals surface area (Å²) in [7, 11) is 0. The maximum Gasteiger partial charge on any atom is 0.227 e. The van der Waals surface area contributed by atoms with Crippen LogP contribution in [0.1, 0.15) is 56.7 Å². The van der Waals surface area contributed by atoms with Crippen molar-refractivity contribution in [3.8, 4) is 0 Å². The summed E-state index contributed by atoms with van der Waals surface area (Å²) in [5.74, 6) is 4.68. The molecule has 0 aliphatic heterocycles. The Labute approximate surface area is 120 Å². The summed E-state index contributed by atoms with van der Waals surface area (Å²) in [5.41, 5.74) is 6.02. The maximum absolute atomic E-state index is 5.53. The standard InChI is InChI=1S/C16H25N3O/c17-3-1-2-14-18-15(20-19-14)10-16-7-11-4-12(8-16)6-13(5-11)9-16/h11-13H,1-10,17H2. The van der Waals surface area contributed by atoms with Gasteiger partial charge < -0.3 is 10.3 Å². The third kappa shape index (κ3) is 2.28. The largest absolute Gasteiger partial charge is 0.339 e.